The van der Waals surface area contributed by atoms with E-state index < -0.39 is 5.97 Å². The van der Waals surface area contributed by atoms with Crippen molar-refractivity contribution < 1.29 is 19.4 Å². The van der Waals surface area contributed by atoms with E-state index in [1.54, 1.807) is 10.9 Å². The average molecular weight is 307 g/mol. The third-order valence-electron chi connectivity index (χ3n) is 2.83. The number of aryl methyl sites for hydroxylation is 1. The Balaban J connectivity index is 1.84. The predicted molar refractivity (Wildman–Crippen MR) is 76.3 cm³/mol. The van der Waals surface area contributed by atoms with Crippen LogP contribution in [0.5, 0.6) is 0 Å². The first-order valence-corrected chi connectivity index (χ1v) is 6.75. The van der Waals surface area contributed by atoms with Crippen molar-refractivity contribution in [3.05, 3.63) is 30.4 Å². The van der Waals surface area contributed by atoms with E-state index in [0.29, 0.717) is 19.0 Å². The Morgan fingerprint density at radius 1 is 1.41 bits per heavy atom. The van der Waals surface area contributed by atoms with E-state index in [1.165, 1.54) is 23.1 Å². The van der Waals surface area contributed by atoms with Crippen LogP contribution < -0.4 is 5.32 Å². The van der Waals surface area contributed by atoms with Crippen molar-refractivity contribution >= 4 is 17.6 Å². The van der Waals surface area contributed by atoms with Gasteiger partial charge in [0.2, 0.25) is 5.91 Å². The standard InChI is InChI=1S/C13H17N5O4/c1-2-22-9-17-8-10(7-15-17)16-12(19)4-6-18-11(13(20)21)3-5-14-18/h3,5,7-8H,2,4,6,9H2,1H3,(H,16,19)(H,20,21). The molecule has 22 heavy (non-hydrogen) atoms. The predicted octanol–water partition coefficient (Wildman–Crippen LogP) is 0.801. The van der Waals surface area contributed by atoms with Gasteiger partial charge < -0.3 is 15.2 Å². The van der Waals surface area contributed by atoms with E-state index in [1.807, 2.05) is 6.92 Å². The Morgan fingerprint density at radius 3 is 2.95 bits per heavy atom. The molecule has 9 nitrogen and oxygen atoms in total. The second-order valence-electron chi connectivity index (χ2n) is 4.43. The van der Waals surface area contributed by atoms with Gasteiger partial charge in [-0.25, -0.2) is 9.48 Å². The van der Waals surface area contributed by atoms with Gasteiger partial charge in [-0.05, 0) is 13.0 Å². The lowest BCUT2D eigenvalue weighted by molar-refractivity contribution is -0.116. The van der Waals surface area contributed by atoms with E-state index in [0.717, 1.165) is 0 Å². The summed E-state index contributed by atoms with van der Waals surface area (Å²) in [5.41, 5.74) is 0.612. The minimum atomic E-state index is -1.07. The van der Waals surface area contributed by atoms with Crippen LogP contribution in [0.2, 0.25) is 0 Å². The van der Waals surface area contributed by atoms with Crippen LogP contribution >= 0.6 is 0 Å². The number of carbonyl (C=O) groups is 2. The molecule has 1 amide bonds. The molecule has 0 bridgehead atoms. The number of nitrogens with zero attached hydrogens (tertiary/aromatic N) is 4. The monoisotopic (exact) mass is 307 g/mol. The highest BCUT2D eigenvalue weighted by Gasteiger charge is 2.11. The van der Waals surface area contributed by atoms with Gasteiger partial charge in [0.25, 0.3) is 0 Å². The first kappa shape index (κ1) is 15.7. The Morgan fingerprint density at radius 2 is 2.23 bits per heavy atom. The van der Waals surface area contributed by atoms with Crippen LogP contribution in [0.3, 0.4) is 0 Å². The van der Waals surface area contributed by atoms with Gasteiger partial charge in [-0.2, -0.15) is 10.2 Å². The Hall–Kier alpha value is -2.68. The second-order valence-corrected chi connectivity index (χ2v) is 4.43. The Labute approximate surface area is 126 Å². The molecule has 0 aliphatic heterocycles. The lowest BCUT2D eigenvalue weighted by atomic mass is 10.3. The topological polar surface area (TPSA) is 111 Å². The van der Waals surface area contributed by atoms with Gasteiger partial charge >= 0.3 is 5.97 Å². The maximum Gasteiger partial charge on any atom is 0.354 e. The summed E-state index contributed by atoms with van der Waals surface area (Å²) in [7, 11) is 0. The number of hydrogen-bond acceptors (Lipinski definition) is 5. The normalized spacial score (nSPS) is 10.6. The molecular weight excluding hydrogens is 290 g/mol. The van der Waals surface area contributed by atoms with Gasteiger partial charge in [-0.3, -0.25) is 9.48 Å². The maximum atomic E-state index is 11.8. The number of hydrogen-bond donors (Lipinski definition) is 2. The first-order valence-electron chi connectivity index (χ1n) is 6.75. The molecule has 2 heterocycles. The number of carboxylic acid groups (broad SMARTS) is 1. The molecule has 0 aromatic carbocycles. The number of carboxylic acids is 1. The van der Waals surface area contributed by atoms with Crippen molar-refractivity contribution in [3.8, 4) is 0 Å². The highest BCUT2D eigenvalue weighted by atomic mass is 16.5. The number of ether oxygens (including phenoxy) is 1. The third kappa shape index (κ3) is 4.16. The molecule has 2 rings (SSSR count). The third-order valence-corrected chi connectivity index (χ3v) is 2.83. The Kier molecular flexibility index (Phi) is 5.26. The molecule has 2 aromatic rings. The summed E-state index contributed by atoms with van der Waals surface area (Å²) < 4.78 is 8.03. The fraction of sp³-hybridized carbons (Fsp3) is 0.385. The van der Waals surface area contributed by atoms with Crippen LogP contribution in [0.1, 0.15) is 23.8 Å². The zero-order valence-electron chi connectivity index (χ0n) is 12.1. The molecule has 0 fully saturated rings. The van der Waals surface area contributed by atoms with Crippen LogP contribution in [0.4, 0.5) is 5.69 Å². The number of anilines is 1. The summed E-state index contributed by atoms with van der Waals surface area (Å²) in [6.45, 7) is 2.97. The van der Waals surface area contributed by atoms with Crippen LogP contribution in [-0.2, 0) is 22.8 Å². The molecule has 0 spiro atoms. The number of aromatic nitrogens is 4. The zero-order valence-corrected chi connectivity index (χ0v) is 12.1. The van der Waals surface area contributed by atoms with Crippen molar-refractivity contribution in [2.24, 2.45) is 0 Å². The summed E-state index contributed by atoms with van der Waals surface area (Å²) in [5, 5.41) is 19.5. The van der Waals surface area contributed by atoms with Gasteiger partial charge in [0, 0.05) is 19.2 Å². The van der Waals surface area contributed by atoms with Crippen LogP contribution in [0.15, 0.2) is 24.7 Å². The fourth-order valence-corrected chi connectivity index (χ4v) is 1.81. The van der Waals surface area contributed by atoms with Crippen molar-refractivity contribution in [1.29, 1.82) is 0 Å². The fourth-order valence-electron chi connectivity index (χ4n) is 1.81. The summed E-state index contributed by atoms with van der Waals surface area (Å²) >= 11 is 0. The molecular formula is C13H17N5O4. The van der Waals surface area contributed by atoms with Gasteiger partial charge in [0.15, 0.2) is 0 Å². The molecule has 0 atom stereocenters. The number of nitrogens with one attached hydrogen (secondary N) is 1. The molecule has 0 saturated heterocycles. The van der Waals surface area contributed by atoms with Gasteiger partial charge in [-0.1, -0.05) is 0 Å². The highest BCUT2D eigenvalue weighted by molar-refractivity contribution is 5.90. The van der Waals surface area contributed by atoms with Crippen LogP contribution in [-0.4, -0.2) is 43.2 Å². The van der Waals surface area contributed by atoms with E-state index in [-0.39, 0.29) is 24.6 Å². The zero-order chi connectivity index (χ0) is 15.9. The molecule has 0 radical (unpaired) electrons. The van der Waals surface area contributed by atoms with Crippen molar-refractivity contribution in [3.63, 3.8) is 0 Å². The largest absolute Gasteiger partial charge is 0.477 e. The van der Waals surface area contributed by atoms with Crippen molar-refractivity contribution in [2.75, 3.05) is 11.9 Å². The summed E-state index contributed by atoms with van der Waals surface area (Å²) in [4.78, 5) is 22.8. The van der Waals surface area contributed by atoms with E-state index in [4.69, 9.17) is 9.84 Å². The highest BCUT2D eigenvalue weighted by Crippen LogP contribution is 2.06. The van der Waals surface area contributed by atoms with Gasteiger partial charge in [0.1, 0.15) is 12.4 Å². The number of amides is 1. The van der Waals surface area contributed by atoms with Crippen LogP contribution in [0, 0.1) is 0 Å². The van der Waals surface area contributed by atoms with Crippen LogP contribution in [0.25, 0.3) is 0 Å². The summed E-state index contributed by atoms with van der Waals surface area (Å²) in [5.74, 6) is -1.32. The molecule has 0 saturated carbocycles. The quantitative estimate of drug-likeness (QED) is 0.746. The summed E-state index contributed by atoms with van der Waals surface area (Å²) in [6.07, 6.45) is 4.68. The molecule has 2 N–H and O–H groups in total. The molecule has 0 unspecified atom stereocenters. The Bertz CT molecular complexity index is 648. The second kappa shape index (κ2) is 7.36. The molecule has 118 valence electrons. The smallest absolute Gasteiger partial charge is 0.354 e. The SMILES string of the molecule is CCOCn1cc(NC(=O)CCn2nccc2C(=O)O)cn1. The molecule has 9 heteroatoms. The summed E-state index contributed by atoms with van der Waals surface area (Å²) in [6, 6.07) is 1.39. The van der Waals surface area contributed by atoms with E-state index >= 15 is 0 Å². The minimum Gasteiger partial charge on any atom is -0.477 e. The first-order chi connectivity index (χ1) is 10.6. The molecule has 0 aliphatic rings. The average Bonchev–Trinajstić information content (AvgIpc) is 3.11. The van der Waals surface area contributed by atoms with Crippen molar-refractivity contribution in [2.45, 2.75) is 26.6 Å². The lowest BCUT2D eigenvalue weighted by Gasteiger charge is -2.05. The number of rotatable bonds is 8. The van der Waals surface area contributed by atoms with Crippen molar-refractivity contribution in [1.82, 2.24) is 19.6 Å². The number of carbonyl (C=O) groups excluding carboxylic acids is 1. The van der Waals surface area contributed by atoms with E-state index in [9.17, 15) is 9.59 Å². The van der Waals surface area contributed by atoms with E-state index in [2.05, 4.69) is 15.5 Å². The molecule has 0 aliphatic carbocycles. The number of aromatic carboxylic acids is 1. The lowest BCUT2D eigenvalue weighted by Crippen LogP contribution is -2.17. The minimum absolute atomic E-state index is 0.0531. The molecule has 2 aromatic heterocycles. The van der Waals surface area contributed by atoms with Gasteiger partial charge in [0.05, 0.1) is 24.6 Å². The van der Waals surface area contributed by atoms with Gasteiger partial charge in [-0.15, -0.1) is 0 Å². The maximum absolute atomic E-state index is 11.8.